The van der Waals surface area contributed by atoms with Gasteiger partial charge < -0.3 is 5.32 Å². The Morgan fingerprint density at radius 1 is 1.11 bits per heavy atom. The van der Waals surface area contributed by atoms with Gasteiger partial charge in [0.2, 0.25) is 0 Å². The fraction of sp³-hybridized carbons (Fsp3) is 0.222. The first kappa shape index (κ1) is 15.0. The lowest BCUT2D eigenvalue weighted by Gasteiger charge is -2.19. The lowest BCUT2D eigenvalue weighted by atomic mass is 10.2. The lowest BCUT2D eigenvalue weighted by molar-refractivity contribution is -0.267. The number of hydrogen-bond acceptors (Lipinski definition) is 1. The second kappa shape index (κ2) is 4.89. The van der Waals surface area contributed by atoms with Gasteiger partial charge >= 0.3 is 18.0 Å². The third kappa shape index (κ3) is 3.02. The molecule has 18 heavy (non-hydrogen) atoms. The van der Waals surface area contributed by atoms with Crippen LogP contribution in [0.1, 0.15) is 0 Å². The third-order valence-corrected chi connectivity index (χ3v) is 2.38. The van der Waals surface area contributed by atoms with E-state index in [2.05, 4.69) is 0 Å². The van der Waals surface area contributed by atoms with E-state index in [1.54, 1.807) is 0 Å². The van der Waals surface area contributed by atoms with Crippen LogP contribution in [0.5, 0.6) is 0 Å². The van der Waals surface area contributed by atoms with Crippen LogP contribution in [0.4, 0.5) is 27.6 Å². The topological polar surface area (TPSA) is 29.1 Å². The summed E-state index contributed by atoms with van der Waals surface area (Å²) in [6.07, 6.45) is -5.98. The number of rotatable bonds is 2. The van der Waals surface area contributed by atoms with Crippen LogP contribution in [0.25, 0.3) is 0 Å². The molecule has 1 aromatic carbocycles. The Kier molecular flexibility index (Phi) is 4.07. The second-order valence-corrected chi connectivity index (χ2v) is 3.99. The molecular formula is C9H4Cl2F5NO. The van der Waals surface area contributed by atoms with Crippen molar-refractivity contribution in [2.45, 2.75) is 12.1 Å². The number of nitrogens with one attached hydrogen (secondary N) is 1. The molecular weight excluding hydrogens is 304 g/mol. The zero-order valence-corrected chi connectivity index (χ0v) is 9.80. The maximum absolute atomic E-state index is 12.6. The van der Waals surface area contributed by atoms with Gasteiger partial charge in [-0.25, -0.2) is 0 Å². The summed E-state index contributed by atoms with van der Waals surface area (Å²) in [6, 6.07) is 3.38. The quantitative estimate of drug-likeness (QED) is 0.818. The van der Waals surface area contributed by atoms with Crippen molar-refractivity contribution in [3.05, 3.63) is 28.2 Å². The van der Waals surface area contributed by atoms with Crippen molar-refractivity contribution in [3.8, 4) is 0 Å². The molecule has 0 saturated carbocycles. The first-order valence-corrected chi connectivity index (χ1v) is 5.02. The summed E-state index contributed by atoms with van der Waals surface area (Å²) < 4.78 is 60.9. The number of carbonyl (C=O) groups is 1. The normalized spacial score (nSPS) is 12.4. The van der Waals surface area contributed by atoms with Gasteiger partial charge in [-0.3, -0.25) is 4.79 Å². The van der Waals surface area contributed by atoms with Crippen molar-refractivity contribution in [1.29, 1.82) is 0 Å². The highest BCUT2D eigenvalue weighted by atomic mass is 35.5. The van der Waals surface area contributed by atoms with Crippen molar-refractivity contribution in [2.24, 2.45) is 0 Å². The number of carbonyl (C=O) groups excluding carboxylic acids is 1. The van der Waals surface area contributed by atoms with E-state index in [4.69, 9.17) is 23.2 Å². The molecule has 9 heteroatoms. The molecule has 0 aliphatic heterocycles. The molecule has 1 N–H and O–H groups in total. The van der Waals surface area contributed by atoms with Crippen LogP contribution in [0.2, 0.25) is 10.0 Å². The van der Waals surface area contributed by atoms with E-state index < -0.39 is 23.7 Å². The summed E-state index contributed by atoms with van der Waals surface area (Å²) in [5.74, 6) is -8.04. The van der Waals surface area contributed by atoms with Crippen molar-refractivity contribution >= 4 is 34.8 Å². The Balaban J connectivity index is 2.98. The molecule has 0 bridgehead atoms. The molecule has 100 valence electrons. The molecule has 1 rings (SSSR count). The standard InChI is InChI=1S/C9H4Cl2F5NO/c10-4-1-2-5(11)6(3-4)17-7(18)8(12,13)9(14,15)16/h1-3H,(H,17,18). The summed E-state index contributed by atoms with van der Waals surface area (Å²) in [6.45, 7) is 0. The van der Waals surface area contributed by atoms with E-state index in [-0.39, 0.29) is 10.0 Å². The number of alkyl halides is 5. The minimum Gasteiger partial charge on any atom is -0.319 e. The zero-order chi connectivity index (χ0) is 14.1. The summed E-state index contributed by atoms with van der Waals surface area (Å²) in [4.78, 5) is 10.9. The number of halogens is 7. The van der Waals surface area contributed by atoms with Crippen molar-refractivity contribution in [2.75, 3.05) is 5.32 Å². The largest absolute Gasteiger partial charge is 0.463 e. The maximum Gasteiger partial charge on any atom is 0.463 e. The van der Waals surface area contributed by atoms with Crippen molar-refractivity contribution in [3.63, 3.8) is 0 Å². The van der Waals surface area contributed by atoms with Gasteiger partial charge in [-0.2, -0.15) is 22.0 Å². The van der Waals surface area contributed by atoms with Crippen LogP contribution in [0.3, 0.4) is 0 Å². The van der Waals surface area contributed by atoms with Gasteiger partial charge in [-0.1, -0.05) is 23.2 Å². The molecule has 0 aliphatic carbocycles. The van der Waals surface area contributed by atoms with E-state index in [9.17, 15) is 26.7 Å². The number of benzene rings is 1. The molecule has 1 aromatic rings. The average Bonchev–Trinajstić information content (AvgIpc) is 2.21. The predicted molar refractivity (Wildman–Crippen MR) is 56.1 cm³/mol. The summed E-state index contributed by atoms with van der Waals surface area (Å²) in [5.41, 5.74) is -0.432. The van der Waals surface area contributed by atoms with Gasteiger partial charge in [0.05, 0.1) is 10.7 Å². The molecule has 0 spiro atoms. The van der Waals surface area contributed by atoms with Crippen LogP contribution in [0.15, 0.2) is 18.2 Å². The molecule has 0 aromatic heterocycles. The fourth-order valence-electron chi connectivity index (χ4n) is 0.923. The molecule has 2 nitrogen and oxygen atoms in total. The van der Waals surface area contributed by atoms with E-state index in [0.717, 1.165) is 12.1 Å². The van der Waals surface area contributed by atoms with Gasteiger partial charge in [-0.05, 0) is 18.2 Å². The Morgan fingerprint density at radius 2 is 1.67 bits per heavy atom. The zero-order valence-electron chi connectivity index (χ0n) is 8.29. The van der Waals surface area contributed by atoms with E-state index in [0.29, 0.717) is 0 Å². The Morgan fingerprint density at radius 3 is 2.17 bits per heavy atom. The maximum atomic E-state index is 12.6. The highest BCUT2D eigenvalue weighted by molar-refractivity contribution is 6.35. The molecule has 1 amide bonds. The van der Waals surface area contributed by atoms with Gasteiger partial charge in [-0.15, -0.1) is 0 Å². The molecule has 0 atom stereocenters. The van der Waals surface area contributed by atoms with E-state index in [1.165, 1.54) is 11.4 Å². The highest BCUT2D eigenvalue weighted by Gasteiger charge is 2.63. The summed E-state index contributed by atoms with van der Waals surface area (Å²) in [7, 11) is 0. The van der Waals surface area contributed by atoms with Crippen LogP contribution >= 0.6 is 23.2 Å². The van der Waals surface area contributed by atoms with E-state index >= 15 is 0 Å². The third-order valence-electron chi connectivity index (χ3n) is 1.82. The SMILES string of the molecule is O=C(Nc1cc(Cl)ccc1Cl)C(F)(F)C(F)(F)F. The minimum absolute atomic E-state index is 0.0185. The second-order valence-electron chi connectivity index (χ2n) is 3.15. The number of anilines is 1. The first-order valence-electron chi connectivity index (χ1n) is 4.27. The van der Waals surface area contributed by atoms with E-state index in [1.807, 2.05) is 0 Å². The monoisotopic (exact) mass is 307 g/mol. The number of hydrogen-bond donors (Lipinski definition) is 1. The average molecular weight is 308 g/mol. The predicted octanol–water partition coefficient (Wildman–Crippen LogP) is 4.13. The molecule has 0 aliphatic rings. The first-order chi connectivity index (χ1) is 8.05. The van der Waals surface area contributed by atoms with Gasteiger partial charge in [0.1, 0.15) is 0 Å². The van der Waals surface area contributed by atoms with Crippen LogP contribution < -0.4 is 5.32 Å². The smallest absolute Gasteiger partial charge is 0.319 e. The summed E-state index contributed by atoms with van der Waals surface area (Å²) >= 11 is 11.0. The lowest BCUT2D eigenvalue weighted by Crippen LogP contribution is -2.47. The molecule has 0 radical (unpaired) electrons. The minimum atomic E-state index is -5.98. The van der Waals surface area contributed by atoms with Crippen molar-refractivity contribution < 1.29 is 26.7 Å². The Bertz CT molecular complexity index is 475. The number of amides is 1. The summed E-state index contributed by atoms with van der Waals surface area (Å²) in [5, 5.41) is 1.17. The van der Waals surface area contributed by atoms with Crippen molar-refractivity contribution in [1.82, 2.24) is 0 Å². The molecule has 0 fully saturated rings. The Hall–Kier alpha value is -1.08. The Labute approximate surface area is 108 Å². The van der Waals surface area contributed by atoms with Gasteiger partial charge in [0.15, 0.2) is 0 Å². The van der Waals surface area contributed by atoms with Crippen LogP contribution in [-0.4, -0.2) is 18.0 Å². The molecule has 0 heterocycles. The van der Waals surface area contributed by atoms with Gasteiger partial charge in [0, 0.05) is 5.02 Å². The van der Waals surface area contributed by atoms with Gasteiger partial charge in [0.25, 0.3) is 0 Å². The molecule has 0 saturated heterocycles. The van der Waals surface area contributed by atoms with Crippen LogP contribution in [-0.2, 0) is 4.79 Å². The van der Waals surface area contributed by atoms with Crippen LogP contribution in [0, 0.1) is 0 Å². The molecule has 0 unspecified atom stereocenters. The fourth-order valence-corrected chi connectivity index (χ4v) is 1.26. The highest BCUT2D eigenvalue weighted by Crippen LogP contribution is 2.37.